The second kappa shape index (κ2) is 7.52. The molecule has 25 heavy (non-hydrogen) atoms. The quantitative estimate of drug-likeness (QED) is 0.837. The fourth-order valence-corrected chi connectivity index (χ4v) is 3.69. The Hall–Kier alpha value is -1.95. The van der Waals surface area contributed by atoms with Crippen LogP contribution in [0.25, 0.3) is 0 Å². The van der Waals surface area contributed by atoms with Crippen molar-refractivity contribution in [1.29, 1.82) is 0 Å². The lowest BCUT2D eigenvalue weighted by Gasteiger charge is -2.39. The molecule has 2 saturated heterocycles. The smallest absolute Gasteiger partial charge is 0.245 e. The molecule has 3 rings (SSSR count). The molecule has 2 amide bonds. The normalized spacial score (nSPS) is 22.4. The number of carbonyl (C=O) groups is 2. The number of likely N-dealkylation sites (N-methyl/N-ethyl adjacent to an activating group) is 1. The Morgan fingerprint density at radius 2 is 1.96 bits per heavy atom. The van der Waals surface area contributed by atoms with Gasteiger partial charge in [0.25, 0.3) is 0 Å². The molecule has 0 spiro atoms. The summed E-state index contributed by atoms with van der Waals surface area (Å²) in [6, 6.07) is 4.60. The summed E-state index contributed by atoms with van der Waals surface area (Å²) in [6.45, 7) is 5.65. The maximum Gasteiger partial charge on any atom is 0.245 e. The van der Waals surface area contributed by atoms with Crippen LogP contribution in [0.4, 0.5) is 4.39 Å². The summed E-state index contributed by atoms with van der Waals surface area (Å²) in [4.78, 5) is 30.3. The number of halogens is 1. The summed E-state index contributed by atoms with van der Waals surface area (Å²) in [5.74, 6) is -0.0639. The van der Waals surface area contributed by atoms with E-state index in [1.165, 1.54) is 6.07 Å². The Bertz CT molecular complexity index is 656. The molecule has 6 heteroatoms. The van der Waals surface area contributed by atoms with E-state index in [9.17, 15) is 14.0 Å². The number of hydrogen-bond acceptors (Lipinski definition) is 3. The van der Waals surface area contributed by atoms with E-state index in [4.69, 9.17) is 0 Å². The van der Waals surface area contributed by atoms with Gasteiger partial charge in [0.05, 0.1) is 0 Å². The van der Waals surface area contributed by atoms with Gasteiger partial charge in [-0.15, -0.1) is 0 Å². The zero-order valence-electron chi connectivity index (χ0n) is 15.0. The molecule has 2 fully saturated rings. The van der Waals surface area contributed by atoms with Crippen molar-refractivity contribution >= 4 is 11.8 Å². The number of benzene rings is 1. The van der Waals surface area contributed by atoms with Gasteiger partial charge in [0.2, 0.25) is 11.8 Å². The van der Waals surface area contributed by atoms with Crippen LogP contribution in [-0.4, -0.2) is 65.8 Å². The Labute approximate surface area is 148 Å². The summed E-state index contributed by atoms with van der Waals surface area (Å²) in [5.41, 5.74) is 2.08. The molecule has 0 bridgehead atoms. The highest BCUT2D eigenvalue weighted by atomic mass is 19.1. The average Bonchev–Trinajstić information content (AvgIpc) is 2.60. The second-order valence-electron chi connectivity index (χ2n) is 7.08. The van der Waals surface area contributed by atoms with E-state index in [-0.39, 0.29) is 23.7 Å². The van der Waals surface area contributed by atoms with Crippen LogP contribution in [0.1, 0.15) is 30.4 Å². The number of hydrogen-bond donors (Lipinski definition) is 0. The molecule has 0 radical (unpaired) electrons. The number of nitrogens with zero attached hydrogens (tertiary/aromatic N) is 3. The lowest BCUT2D eigenvalue weighted by molar-refractivity contribution is -0.148. The number of aryl methyl sites for hydroxylation is 1. The highest BCUT2D eigenvalue weighted by Gasteiger charge is 2.34. The van der Waals surface area contributed by atoms with Gasteiger partial charge < -0.3 is 9.80 Å². The van der Waals surface area contributed by atoms with Crippen molar-refractivity contribution in [3.05, 3.63) is 35.1 Å². The van der Waals surface area contributed by atoms with Gasteiger partial charge in [-0.3, -0.25) is 14.5 Å². The highest BCUT2D eigenvalue weighted by Crippen LogP contribution is 2.20. The van der Waals surface area contributed by atoms with Crippen molar-refractivity contribution in [3.8, 4) is 0 Å². The van der Waals surface area contributed by atoms with E-state index < -0.39 is 0 Å². The third kappa shape index (κ3) is 4.00. The number of piperazine rings is 1. The Balaban J connectivity index is 1.54. The molecule has 0 aromatic heterocycles. The number of likely N-dealkylation sites (tertiary alicyclic amines) is 1. The fraction of sp³-hybridized carbons (Fsp3) is 0.579. The first-order valence-corrected chi connectivity index (χ1v) is 8.97. The number of carbonyl (C=O) groups excluding carboxylic acids is 2. The van der Waals surface area contributed by atoms with Crippen molar-refractivity contribution in [1.82, 2.24) is 14.7 Å². The third-order valence-electron chi connectivity index (χ3n) is 5.40. The first-order valence-electron chi connectivity index (χ1n) is 8.97. The molecule has 2 aliphatic rings. The van der Waals surface area contributed by atoms with Gasteiger partial charge in [0.1, 0.15) is 11.9 Å². The highest BCUT2D eigenvalue weighted by molar-refractivity contribution is 5.88. The molecule has 1 unspecified atom stereocenters. The third-order valence-corrected chi connectivity index (χ3v) is 5.40. The van der Waals surface area contributed by atoms with Crippen molar-refractivity contribution in [2.75, 3.05) is 33.2 Å². The standard InChI is InChI=1S/C19H26FN3O2/c1-14-12-16(20)7-6-15(14)13-22-8-10-23(11-9-22)19(25)17-4-3-5-18(24)21(17)2/h6-7,12,17H,3-5,8-11,13H2,1-2H3. The molecule has 136 valence electrons. The zero-order chi connectivity index (χ0) is 18.0. The zero-order valence-corrected chi connectivity index (χ0v) is 15.0. The van der Waals surface area contributed by atoms with E-state index in [0.29, 0.717) is 19.5 Å². The average molecular weight is 347 g/mol. The lowest BCUT2D eigenvalue weighted by Crippen LogP contribution is -2.56. The first kappa shape index (κ1) is 17.9. The fourth-order valence-electron chi connectivity index (χ4n) is 3.69. The molecule has 0 aliphatic carbocycles. The molecule has 1 aromatic carbocycles. The van der Waals surface area contributed by atoms with Crippen molar-refractivity contribution in [3.63, 3.8) is 0 Å². The van der Waals surface area contributed by atoms with Crippen LogP contribution in [0, 0.1) is 12.7 Å². The van der Waals surface area contributed by atoms with Gasteiger partial charge >= 0.3 is 0 Å². The van der Waals surface area contributed by atoms with Crippen molar-refractivity contribution in [2.24, 2.45) is 0 Å². The van der Waals surface area contributed by atoms with Crippen LogP contribution in [0.2, 0.25) is 0 Å². The SMILES string of the molecule is Cc1cc(F)ccc1CN1CCN(C(=O)C2CCCC(=O)N2C)CC1. The van der Waals surface area contributed by atoms with Crippen LogP contribution < -0.4 is 0 Å². The second-order valence-corrected chi connectivity index (χ2v) is 7.08. The van der Waals surface area contributed by atoms with Gasteiger partial charge in [-0.2, -0.15) is 0 Å². The van der Waals surface area contributed by atoms with Gasteiger partial charge in [-0.05, 0) is 43.0 Å². The van der Waals surface area contributed by atoms with Gasteiger partial charge in [0.15, 0.2) is 0 Å². The van der Waals surface area contributed by atoms with Gasteiger partial charge in [-0.1, -0.05) is 6.07 Å². The van der Waals surface area contributed by atoms with Gasteiger partial charge in [0, 0.05) is 46.2 Å². The number of rotatable bonds is 3. The predicted octanol–water partition coefficient (Wildman–Crippen LogP) is 1.79. The van der Waals surface area contributed by atoms with Gasteiger partial charge in [-0.25, -0.2) is 4.39 Å². The molecular formula is C19H26FN3O2. The van der Waals surface area contributed by atoms with Crippen molar-refractivity contribution < 1.29 is 14.0 Å². The molecule has 0 N–H and O–H groups in total. The first-order chi connectivity index (χ1) is 12.0. The number of amides is 2. The molecule has 1 aromatic rings. The minimum atomic E-state index is -0.299. The van der Waals surface area contributed by atoms with Crippen LogP contribution in [-0.2, 0) is 16.1 Å². The molecule has 2 heterocycles. The molecule has 0 saturated carbocycles. The predicted molar refractivity (Wildman–Crippen MR) is 93.4 cm³/mol. The van der Waals surface area contributed by atoms with Crippen LogP contribution >= 0.6 is 0 Å². The topological polar surface area (TPSA) is 43.9 Å². The maximum atomic E-state index is 13.2. The summed E-state index contributed by atoms with van der Waals surface area (Å²) < 4.78 is 13.2. The van der Waals surface area contributed by atoms with Crippen molar-refractivity contribution in [2.45, 2.75) is 38.8 Å². The summed E-state index contributed by atoms with van der Waals surface area (Å²) in [7, 11) is 1.73. The Morgan fingerprint density at radius 1 is 1.24 bits per heavy atom. The van der Waals surface area contributed by atoms with E-state index in [0.717, 1.165) is 43.6 Å². The van der Waals surface area contributed by atoms with E-state index >= 15 is 0 Å². The summed E-state index contributed by atoms with van der Waals surface area (Å²) in [6.07, 6.45) is 2.10. The molecule has 2 aliphatic heterocycles. The minimum absolute atomic E-state index is 0.0648. The lowest BCUT2D eigenvalue weighted by atomic mass is 10.0. The Morgan fingerprint density at radius 3 is 2.64 bits per heavy atom. The largest absolute Gasteiger partial charge is 0.338 e. The van der Waals surface area contributed by atoms with Crippen LogP contribution in [0.3, 0.4) is 0 Å². The maximum absolute atomic E-state index is 13.2. The van der Waals surface area contributed by atoms with E-state index in [1.54, 1.807) is 18.0 Å². The summed E-state index contributed by atoms with van der Waals surface area (Å²) >= 11 is 0. The number of piperidine rings is 1. The summed E-state index contributed by atoms with van der Waals surface area (Å²) in [5, 5.41) is 0. The molecular weight excluding hydrogens is 321 g/mol. The van der Waals surface area contributed by atoms with E-state index in [2.05, 4.69) is 4.90 Å². The molecule has 5 nitrogen and oxygen atoms in total. The van der Waals surface area contributed by atoms with Crippen LogP contribution in [0.5, 0.6) is 0 Å². The van der Waals surface area contributed by atoms with Crippen LogP contribution in [0.15, 0.2) is 18.2 Å². The van der Waals surface area contributed by atoms with E-state index in [1.807, 2.05) is 17.9 Å². The Kier molecular flexibility index (Phi) is 5.37. The monoisotopic (exact) mass is 347 g/mol. The molecule has 1 atom stereocenters. The minimum Gasteiger partial charge on any atom is -0.338 e.